The van der Waals surface area contributed by atoms with Crippen LogP contribution in [0.5, 0.6) is 0 Å². The molecule has 1 aromatic heterocycles. The predicted molar refractivity (Wildman–Crippen MR) is 140 cm³/mol. The van der Waals surface area contributed by atoms with E-state index < -0.39 is 0 Å². The highest BCUT2D eigenvalue weighted by Crippen LogP contribution is 2.32. The SMILES string of the molecule is CC1CC=CC=C1c1nc(-c2ccc(-c3ccccc3)cc2)nc(-c2cc(Cl)cc(Br)c2)n1. The molecule has 0 bridgehead atoms. The van der Waals surface area contributed by atoms with Crippen molar-refractivity contribution in [1.29, 1.82) is 0 Å². The van der Waals surface area contributed by atoms with Crippen LogP contribution in [0.4, 0.5) is 0 Å². The van der Waals surface area contributed by atoms with Gasteiger partial charge in [-0.25, -0.2) is 15.0 Å². The lowest BCUT2D eigenvalue weighted by atomic mass is 9.92. The third kappa shape index (κ3) is 4.82. The molecule has 1 unspecified atom stereocenters. The molecular formula is C28H21BrClN3. The van der Waals surface area contributed by atoms with Crippen LogP contribution < -0.4 is 0 Å². The molecule has 0 saturated heterocycles. The molecule has 5 heteroatoms. The third-order valence-corrected chi connectivity index (χ3v) is 6.37. The van der Waals surface area contributed by atoms with E-state index in [2.05, 4.69) is 77.5 Å². The molecule has 4 aromatic rings. The first-order valence-electron chi connectivity index (χ1n) is 10.8. The lowest BCUT2D eigenvalue weighted by molar-refractivity contribution is 0.747. The zero-order valence-electron chi connectivity index (χ0n) is 18.0. The van der Waals surface area contributed by atoms with Crippen LogP contribution in [0.2, 0.25) is 5.02 Å². The van der Waals surface area contributed by atoms with Gasteiger partial charge in [0.1, 0.15) is 0 Å². The summed E-state index contributed by atoms with van der Waals surface area (Å²) in [7, 11) is 0. The predicted octanol–water partition coefficient (Wildman–Crippen LogP) is 8.27. The number of nitrogens with zero attached hydrogens (tertiary/aromatic N) is 3. The van der Waals surface area contributed by atoms with Gasteiger partial charge in [-0.2, -0.15) is 0 Å². The number of rotatable bonds is 4. The average Bonchev–Trinajstić information content (AvgIpc) is 2.84. The molecule has 1 aliphatic rings. The van der Waals surface area contributed by atoms with E-state index in [4.69, 9.17) is 26.6 Å². The molecule has 162 valence electrons. The van der Waals surface area contributed by atoms with Gasteiger partial charge in [0.2, 0.25) is 0 Å². The first-order chi connectivity index (χ1) is 16.1. The Morgan fingerprint density at radius 1 is 0.758 bits per heavy atom. The zero-order valence-corrected chi connectivity index (χ0v) is 20.4. The van der Waals surface area contributed by atoms with Gasteiger partial charge in [-0.15, -0.1) is 0 Å². The molecule has 0 aliphatic heterocycles. The minimum Gasteiger partial charge on any atom is -0.209 e. The van der Waals surface area contributed by atoms with Crippen molar-refractivity contribution >= 4 is 33.1 Å². The first-order valence-corrected chi connectivity index (χ1v) is 12.0. The molecule has 33 heavy (non-hydrogen) atoms. The maximum atomic E-state index is 6.32. The van der Waals surface area contributed by atoms with Gasteiger partial charge >= 0.3 is 0 Å². The Balaban J connectivity index is 1.62. The second-order valence-electron chi connectivity index (χ2n) is 8.09. The van der Waals surface area contributed by atoms with Crippen LogP contribution in [0, 0.1) is 5.92 Å². The molecule has 1 aliphatic carbocycles. The Bertz CT molecular complexity index is 1340. The van der Waals surface area contributed by atoms with Crippen LogP contribution in [0.25, 0.3) is 39.5 Å². The van der Waals surface area contributed by atoms with E-state index in [0.29, 0.717) is 28.4 Å². The minimum atomic E-state index is 0.338. The summed E-state index contributed by atoms with van der Waals surface area (Å²) < 4.78 is 0.883. The van der Waals surface area contributed by atoms with Crippen LogP contribution in [-0.2, 0) is 0 Å². The van der Waals surface area contributed by atoms with Crippen molar-refractivity contribution in [3.63, 3.8) is 0 Å². The fraction of sp³-hybridized carbons (Fsp3) is 0.107. The summed E-state index contributed by atoms with van der Waals surface area (Å²) in [6.45, 7) is 2.20. The highest BCUT2D eigenvalue weighted by atomic mass is 79.9. The van der Waals surface area contributed by atoms with Crippen molar-refractivity contribution in [2.45, 2.75) is 13.3 Å². The molecule has 5 rings (SSSR count). The molecule has 0 amide bonds. The molecule has 3 aromatic carbocycles. The number of hydrogen-bond acceptors (Lipinski definition) is 3. The first kappa shape index (κ1) is 21.7. The van der Waals surface area contributed by atoms with E-state index in [9.17, 15) is 0 Å². The van der Waals surface area contributed by atoms with Crippen LogP contribution >= 0.6 is 27.5 Å². The fourth-order valence-corrected chi connectivity index (χ4v) is 4.79. The normalized spacial score (nSPS) is 15.4. The maximum absolute atomic E-state index is 6.32. The lowest BCUT2D eigenvalue weighted by Crippen LogP contribution is -2.08. The van der Waals surface area contributed by atoms with Gasteiger partial charge in [-0.05, 0) is 41.7 Å². The number of hydrogen-bond donors (Lipinski definition) is 0. The Labute approximate surface area is 207 Å². The largest absolute Gasteiger partial charge is 0.209 e. The van der Waals surface area contributed by atoms with Crippen molar-refractivity contribution in [2.75, 3.05) is 0 Å². The Morgan fingerprint density at radius 2 is 1.39 bits per heavy atom. The monoisotopic (exact) mass is 513 g/mol. The number of aromatic nitrogens is 3. The lowest BCUT2D eigenvalue weighted by Gasteiger charge is -2.17. The molecule has 3 nitrogen and oxygen atoms in total. The Morgan fingerprint density at radius 3 is 2.09 bits per heavy atom. The standard InChI is InChI=1S/C28H21BrClN3/c1-18-7-5-6-10-25(18)28-32-26(31-27(33-28)22-15-23(29)17-24(30)16-22)21-13-11-20(12-14-21)19-8-3-2-4-9-19/h2-6,8-18H,7H2,1H3. The molecule has 0 fully saturated rings. The number of allylic oxidation sites excluding steroid dienone is 4. The maximum Gasteiger partial charge on any atom is 0.164 e. The zero-order chi connectivity index (χ0) is 22.8. The van der Waals surface area contributed by atoms with E-state index >= 15 is 0 Å². The Hall–Kier alpha value is -3.08. The Kier molecular flexibility index (Phi) is 6.21. The third-order valence-electron chi connectivity index (χ3n) is 5.70. The number of halogens is 2. The molecule has 0 N–H and O–H groups in total. The van der Waals surface area contributed by atoms with Crippen molar-refractivity contribution in [1.82, 2.24) is 15.0 Å². The van der Waals surface area contributed by atoms with Gasteiger partial charge in [-0.1, -0.05) is 107 Å². The van der Waals surface area contributed by atoms with Gasteiger partial charge in [0.05, 0.1) is 0 Å². The summed E-state index contributed by atoms with van der Waals surface area (Å²) >= 11 is 9.85. The van der Waals surface area contributed by atoms with Crippen LogP contribution in [0.1, 0.15) is 19.2 Å². The smallest absolute Gasteiger partial charge is 0.164 e. The molecule has 1 atom stereocenters. The van der Waals surface area contributed by atoms with Gasteiger partial charge in [-0.3, -0.25) is 0 Å². The quantitative estimate of drug-likeness (QED) is 0.275. The topological polar surface area (TPSA) is 38.7 Å². The summed E-state index contributed by atoms with van der Waals surface area (Å²) in [5.41, 5.74) is 5.24. The summed E-state index contributed by atoms with van der Waals surface area (Å²) in [5, 5.41) is 0.628. The van der Waals surface area contributed by atoms with Crippen molar-refractivity contribution in [2.24, 2.45) is 5.92 Å². The molecule has 1 heterocycles. The van der Waals surface area contributed by atoms with E-state index in [-0.39, 0.29) is 0 Å². The van der Waals surface area contributed by atoms with E-state index in [1.54, 1.807) is 0 Å². The summed E-state index contributed by atoms with van der Waals surface area (Å²) in [6, 6.07) is 24.4. The summed E-state index contributed by atoms with van der Waals surface area (Å²) in [4.78, 5) is 14.6. The summed E-state index contributed by atoms with van der Waals surface area (Å²) in [5.74, 6) is 2.29. The van der Waals surface area contributed by atoms with Crippen molar-refractivity contribution < 1.29 is 0 Å². The van der Waals surface area contributed by atoms with Crippen LogP contribution in [-0.4, -0.2) is 15.0 Å². The van der Waals surface area contributed by atoms with E-state index in [1.807, 2.05) is 36.4 Å². The molecule has 0 spiro atoms. The fourth-order valence-electron chi connectivity index (χ4n) is 3.93. The van der Waals surface area contributed by atoms with Crippen LogP contribution in [0.3, 0.4) is 0 Å². The van der Waals surface area contributed by atoms with Gasteiger partial charge in [0.15, 0.2) is 17.5 Å². The number of benzene rings is 3. The second-order valence-corrected chi connectivity index (χ2v) is 9.45. The van der Waals surface area contributed by atoms with Gasteiger partial charge in [0, 0.05) is 26.2 Å². The summed E-state index contributed by atoms with van der Waals surface area (Å²) in [6.07, 6.45) is 7.32. The highest BCUT2D eigenvalue weighted by molar-refractivity contribution is 9.10. The second kappa shape index (κ2) is 9.42. The molecule has 0 saturated carbocycles. The van der Waals surface area contributed by atoms with Crippen molar-refractivity contribution in [3.05, 3.63) is 106 Å². The van der Waals surface area contributed by atoms with E-state index in [1.165, 1.54) is 5.56 Å². The van der Waals surface area contributed by atoms with Gasteiger partial charge < -0.3 is 0 Å². The highest BCUT2D eigenvalue weighted by Gasteiger charge is 2.19. The van der Waals surface area contributed by atoms with Crippen molar-refractivity contribution in [3.8, 4) is 33.9 Å². The minimum absolute atomic E-state index is 0.338. The van der Waals surface area contributed by atoms with E-state index in [0.717, 1.165) is 33.2 Å². The average molecular weight is 515 g/mol. The van der Waals surface area contributed by atoms with Crippen LogP contribution in [0.15, 0.2) is 95.5 Å². The molecule has 0 radical (unpaired) electrons. The molecular weight excluding hydrogens is 494 g/mol. The van der Waals surface area contributed by atoms with Gasteiger partial charge in [0.25, 0.3) is 0 Å².